The number of hydrogen-bond acceptors (Lipinski definition) is 4. The first-order valence-corrected chi connectivity index (χ1v) is 6.75. The van der Waals surface area contributed by atoms with Crippen molar-refractivity contribution in [2.75, 3.05) is 20.5 Å². The molecule has 0 N–H and O–H groups in total. The third-order valence-electron chi connectivity index (χ3n) is 2.61. The quantitative estimate of drug-likeness (QED) is 0.788. The van der Waals surface area contributed by atoms with Crippen molar-refractivity contribution in [2.24, 2.45) is 0 Å². The highest BCUT2D eigenvalue weighted by atomic mass is 32.2. The molecule has 3 nitrogen and oxygen atoms in total. The van der Waals surface area contributed by atoms with E-state index in [-0.39, 0.29) is 0 Å². The van der Waals surface area contributed by atoms with E-state index >= 15 is 0 Å². The second kappa shape index (κ2) is 5.78. The fourth-order valence-electron chi connectivity index (χ4n) is 1.77. The number of pyridine rings is 1. The third-order valence-corrected chi connectivity index (χ3v) is 3.26. The maximum Gasteiger partial charge on any atom is 0.170 e. The van der Waals surface area contributed by atoms with Crippen LogP contribution in [-0.2, 0) is 0 Å². The van der Waals surface area contributed by atoms with E-state index in [0.717, 1.165) is 16.3 Å². The summed E-state index contributed by atoms with van der Waals surface area (Å²) in [7, 11) is 3.27. The predicted molar refractivity (Wildman–Crippen MR) is 74.6 cm³/mol. The Hall–Kier alpha value is -1.68. The van der Waals surface area contributed by atoms with E-state index in [1.807, 2.05) is 42.7 Å². The van der Waals surface area contributed by atoms with Gasteiger partial charge in [-0.1, -0.05) is 12.1 Å². The second-order valence-electron chi connectivity index (χ2n) is 3.61. The minimum Gasteiger partial charge on any atom is -0.493 e. The molecular formula is C14H15NO2S. The highest BCUT2D eigenvalue weighted by Crippen LogP contribution is 2.37. The summed E-state index contributed by atoms with van der Waals surface area (Å²) in [5, 5.41) is 0.984. The molecule has 0 spiro atoms. The molecule has 0 radical (unpaired) electrons. The lowest BCUT2D eigenvalue weighted by Gasteiger charge is -2.12. The summed E-state index contributed by atoms with van der Waals surface area (Å²) in [5.74, 6) is 1.43. The Bertz CT molecular complexity index is 543. The van der Waals surface area contributed by atoms with Crippen LogP contribution in [0.5, 0.6) is 11.5 Å². The molecule has 4 heteroatoms. The van der Waals surface area contributed by atoms with Crippen LogP contribution < -0.4 is 9.47 Å². The SMILES string of the molecule is COc1cccc(-c2cccc(SC)n2)c1OC. The first-order valence-electron chi connectivity index (χ1n) is 5.52. The van der Waals surface area contributed by atoms with Crippen LogP contribution in [0.2, 0.25) is 0 Å². The highest BCUT2D eigenvalue weighted by Gasteiger charge is 2.12. The molecule has 0 unspecified atom stereocenters. The van der Waals surface area contributed by atoms with Crippen LogP contribution in [0.4, 0.5) is 0 Å². The molecule has 1 aromatic heterocycles. The molecule has 0 bridgehead atoms. The number of methoxy groups -OCH3 is 2. The van der Waals surface area contributed by atoms with Gasteiger partial charge in [-0.05, 0) is 30.5 Å². The maximum absolute atomic E-state index is 5.42. The minimum absolute atomic E-state index is 0.714. The van der Waals surface area contributed by atoms with Crippen molar-refractivity contribution in [3.8, 4) is 22.8 Å². The zero-order chi connectivity index (χ0) is 13.0. The molecule has 0 aliphatic heterocycles. The molecular weight excluding hydrogens is 246 g/mol. The van der Waals surface area contributed by atoms with Crippen molar-refractivity contribution in [3.05, 3.63) is 36.4 Å². The lowest BCUT2D eigenvalue weighted by molar-refractivity contribution is 0.356. The number of para-hydroxylation sites is 1. The second-order valence-corrected chi connectivity index (χ2v) is 4.43. The van der Waals surface area contributed by atoms with E-state index in [1.54, 1.807) is 26.0 Å². The Morgan fingerprint density at radius 1 is 1.00 bits per heavy atom. The van der Waals surface area contributed by atoms with E-state index in [4.69, 9.17) is 9.47 Å². The van der Waals surface area contributed by atoms with Crippen LogP contribution in [0.15, 0.2) is 41.4 Å². The summed E-state index contributed by atoms with van der Waals surface area (Å²) in [5.41, 5.74) is 1.82. The zero-order valence-corrected chi connectivity index (χ0v) is 11.5. The van der Waals surface area contributed by atoms with Crippen molar-refractivity contribution in [2.45, 2.75) is 5.03 Å². The first kappa shape index (κ1) is 12.8. The average molecular weight is 261 g/mol. The summed E-state index contributed by atoms with van der Waals surface area (Å²) in [6.45, 7) is 0. The van der Waals surface area contributed by atoms with Gasteiger partial charge >= 0.3 is 0 Å². The van der Waals surface area contributed by atoms with Gasteiger partial charge in [0.25, 0.3) is 0 Å². The molecule has 0 saturated heterocycles. The summed E-state index contributed by atoms with van der Waals surface area (Å²) in [6, 6.07) is 11.7. The van der Waals surface area contributed by atoms with Gasteiger partial charge in [-0.3, -0.25) is 0 Å². The minimum atomic E-state index is 0.714. The van der Waals surface area contributed by atoms with Crippen molar-refractivity contribution in [1.82, 2.24) is 4.98 Å². The van der Waals surface area contributed by atoms with Crippen LogP contribution in [0, 0.1) is 0 Å². The Kier molecular flexibility index (Phi) is 4.10. The topological polar surface area (TPSA) is 31.4 Å². The summed E-state index contributed by atoms with van der Waals surface area (Å²) in [4.78, 5) is 4.57. The molecule has 2 aromatic rings. The lowest BCUT2D eigenvalue weighted by Crippen LogP contribution is -1.94. The predicted octanol–water partition coefficient (Wildman–Crippen LogP) is 3.49. The number of benzene rings is 1. The molecule has 0 atom stereocenters. The van der Waals surface area contributed by atoms with Crippen molar-refractivity contribution in [1.29, 1.82) is 0 Å². The number of hydrogen-bond donors (Lipinski definition) is 0. The smallest absolute Gasteiger partial charge is 0.170 e. The molecule has 2 rings (SSSR count). The normalized spacial score (nSPS) is 10.2. The number of ether oxygens (including phenoxy) is 2. The molecule has 0 aliphatic carbocycles. The van der Waals surface area contributed by atoms with Gasteiger partial charge in [-0.2, -0.15) is 0 Å². The monoisotopic (exact) mass is 261 g/mol. The van der Waals surface area contributed by atoms with Crippen molar-refractivity contribution >= 4 is 11.8 Å². The van der Waals surface area contributed by atoms with Gasteiger partial charge in [0.05, 0.1) is 24.9 Å². The standard InChI is InChI=1S/C14H15NO2S/c1-16-12-8-4-6-10(14(12)17-2)11-7-5-9-13(15-11)18-3/h4-9H,1-3H3. The molecule has 94 valence electrons. The first-order chi connectivity index (χ1) is 8.80. The Morgan fingerprint density at radius 2 is 1.78 bits per heavy atom. The van der Waals surface area contributed by atoms with Crippen molar-refractivity contribution < 1.29 is 9.47 Å². The summed E-state index contributed by atoms with van der Waals surface area (Å²) >= 11 is 1.62. The van der Waals surface area contributed by atoms with Gasteiger partial charge in [0.15, 0.2) is 11.5 Å². The van der Waals surface area contributed by atoms with Crippen LogP contribution in [0.1, 0.15) is 0 Å². The molecule has 0 amide bonds. The van der Waals surface area contributed by atoms with Gasteiger partial charge < -0.3 is 9.47 Å². The largest absolute Gasteiger partial charge is 0.493 e. The van der Waals surface area contributed by atoms with Gasteiger partial charge in [0.2, 0.25) is 0 Å². The zero-order valence-electron chi connectivity index (χ0n) is 10.6. The van der Waals surface area contributed by atoms with Crippen LogP contribution in [0.25, 0.3) is 11.3 Å². The van der Waals surface area contributed by atoms with Crippen LogP contribution in [0.3, 0.4) is 0 Å². The van der Waals surface area contributed by atoms with E-state index in [2.05, 4.69) is 4.98 Å². The molecule has 0 aliphatic rings. The van der Waals surface area contributed by atoms with E-state index < -0.39 is 0 Å². The number of rotatable bonds is 4. The highest BCUT2D eigenvalue weighted by molar-refractivity contribution is 7.98. The Morgan fingerprint density at radius 3 is 2.44 bits per heavy atom. The Balaban J connectivity index is 2.55. The molecule has 18 heavy (non-hydrogen) atoms. The number of aromatic nitrogens is 1. The van der Waals surface area contributed by atoms with E-state index in [9.17, 15) is 0 Å². The Labute approximate surface area is 111 Å². The molecule has 0 saturated carbocycles. The maximum atomic E-state index is 5.42. The van der Waals surface area contributed by atoms with Crippen molar-refractivity contribution in [3.63, 3.8) is 0 Å². The number of nitrogens with zero attached hydrogens (tertiary/aromatic N) is 1. The molecule has 1 heterocycles. The summed E-state index contributed by atoms with van der Waals surface area (Å²) in [6.07, 6.45) is 2.01. The number of thioether (sulfide) groups is 1. The van der Waals surface area contributed by atoms with Gasteiger partial charge in [0.1, 0.15) is 0 Å². The molecule has 0 fully saturated rings. The van der Waals surface area contributed by atoms with E-state index in [0.29, 0.717) is 11.5 Å². The lowest BCUT2D eigenvalue weighted by atomic mass is 10.1. The van der Waals surface area contributed by atoms with Crippen LogP contribution >= 0.6 is 11.8 Å². The van der Waals surface area contributed by atoms with Gasteiger partial charge in [0, 0.05) is 5.56 Å². The third kappa shape index (κ3) is 2.43. The average Bonchev–Trinajstić information content (AvgIpc) is 2.46. The van der Waals surface area contributed by atoms with Gasteiger partial charge in [-0.15, -0.1) is 11.8 Å². The fourth-order valence-corrected chi connectivity index (χ4v) is 2.17. The molecule has 1 aromatic carbocycles. The van der Waals surface area contributed by atoms with E-state index in [1.165, 1.54) is 0 Å². The van der Waals surface area contributed by atoms with Crippen LogP contribution in [-0.4, -0.2) is 25.5 Å². The fraction of sp³-hybridized carbons (Fsp3) is 0.214. The summed E-state index contributed by atoms with van der Waals surface area (Å²) < 4.78 is 10.7. The van der Waals surface area contributed by atoms with Gasteiger partial charge in [-0.25, -0.2) is 4.98 Å².